The minimum absolute atomic E-state index is 0.00187. The van der Waals surface area contributed by atoms with Gasteiger partial charge in [0.25, 0.3) is 0 Å². The fraction of sp³-hybridized carbons (Fsp3) is 0.840. The minimum atomic E-state index is -5.22. The lowest BCUT2D eigenvalue weighted by Crippen LogP contribution is -2.68. The maximum Gasteiger partial charge on any atom is 0.397 e. The number of amides is 12. The molecule has 9 rings (SSSR count). The number of alkyl halides is 8. The molecule has 116 heavy (non-hydrogen) atoms. The van der Waals surface area contributed by atoms with E-state index in [0.717, 1.165) is 30.9 Å². The Morgan fingerprint density at radius 2 is 1.23 bits per heavy atom. The van der Waals surface area contributed by atoms with Crippen molar-refractivity contribution in [3.63, 3.8) is 0 Å². The third-order valence-corrected chi connectivity index (χ3v) is 27.0. The highest BCUT2D eigenvalue weighted by molar-refractivity contribution is 6.01. The summed E-state index contributed by atoms with van der Waals surface area (Å²) in [5.74, 6) is -17.9. The molecule has 0 radical (unpaired) electrons. The van der Waals surface area contributed by atoms with Gasteiger partial charge in [0.15, 0.2) is 0 Å². The van der Waals surface area contributed by atoms with Crippen LogP contribution in [0.1, 0.15) is 201 Å². The molecule has 12 amide bonds. The first kappa shape index (κ1) is 92.4. The molecule has 3 N–H and O–H groups in total. The number of halogens is 8. The highest BCUT2D eigenvalue weighted by Crippen LogP contribution is 2.46. The third-order valence-electron chi connectivity index (χ3n) is 27.0. The molecule has 5 aliphatic carbocycles. The van der Waals surface area contributed by atoms with Crippen LogP contribution >= 0.6 is 0 Å². The van der Waals surface area contributed by atoms with Gasteiger partial charge in [-0.15, -0.1) is 0 Å². The van der Waals surface area contributed by atoms with Gasteiger partial charge in [-0.3, -0.25) is 57.5 Å². The number of hydrogen-bond donors (Lipinski definition) is 3. The summed E-state index contributed by atoms with van der Waals surface area (Å²) in [5, 5.41) is 19.0. The molecule has 4 saturated heterocycles. The highest BCUT2D eigenvalue weighted by Gasteiger charge is 2.57. The zero-order valence-electron chi connectivity index (χ0n) is 68.8. The number of nitriles is 1. The molecular formula is C81H123F8N13O14. The van der Waals surface area contributed by atoms with E-state index in [1.54, 1.807) is 20.8 Å². The molecule has 9 fully saturated rings. The van der Waals surface area contributed by atoms with Crippen LogP contribution in [0.3, 0.4) is 0 Å². The number of ether oxygens (including phenoxy) is 2. The molecule has 4 unspecified atom stereocenters. The molecule has 1 spiro atoms. The highest BCUT2D eigenvalue weighted by atomic mass is 19.4. The normalized spacial score (nSPS) is 33.2. The number of carbonyl (C=O) groups excluding carboxylic acids is 12. The van der Waals surface area contributed by atoms with E-state index >= 15 is 56.7 Å². The van der Waals surface area contributed by atoms with Gasteiger partial charge in [0.1, 0.15) is 72.1 Å². The van der Waals surface area contributed by atoms with Gasteiger partial charge >= 0.3 is 12.4 Å². The monoisotopic (exact) mass is 1650 g/mol. The molecule has 0 aromatic heterocycles. The summed E-state index contributed by atoms with van der Waals surface area (Å²) in [6, 6.07) is -9.23. The largest absolute Gasteiger partial charge is 0.397 e. The van der Waals surface area contributed by atoms with Crippen LogP contribution in [0.15, 0.2) is 0 Å². The third kappa shape index (κ3) is 22.1. The Balaban J connectivity index is 1.12. The molecule has 0 aromatic carbocycles. The zero-order valence-corrected chi connectivity index (χ0v) is 68.8. The zero-order chi connectivity index (χ0) is 85.0. The Labute approximate surface area is 675 Å². The molecule has 652 valence electrons. The summed E-state index contributed by atoms with van der Waals surface area (Å²) in [5.41, 5.74) is -1.72. The van der Waals surface area contributed by atoms with Gasteiger partial charge in [0, 0.05) is 87.4 Å². The summed E-state index contributed by atoms with van der Waals surface area (Å²) in [6.45, 7) is 3.72. The second kappa shape index (κ2) is 40.5. The molecule has 35 heteroatoms. The van der Waals surface area contributed by atoms with E-state index in [0.29, 0.717) is 77.0 Å². The fourth-order valence-corrected chi connectivity index (χ4v) is 19.5. The van der Waals surface area contributed by atoms with Crippen LogP contribution in [-0.4, -0.2) is 301 Å². The van der Waals surface area contributed by atoms with Crippen molar-refractivity contribution in [1.82, 2.24) is 60.0 Å². The number of carbonyl (C=O) groups is 12. The van der Waals surface area contributed by atoms with Crippen molar-refractivity contribution in [1.29, 1.82) is 5.26 Å². The second-order valence-electron chi connectivity index (χ2n) is 34.6. The summed E-state index contributed by atoms with van der Waals surface area (Å²) in [7, 11) is 8.07. The molecule has 27 nitrogen and oxygen atoms in total. The van der Waals surface area contributed by atoms with Crippen molar-refractivity contribution in [2.75, 3.05) is 101 Å². The number of morpholine rings is 1. The van der Waals surface area contributed by atoms with Gasteiger partial charge in [0.05, 0.1) is 50.8 Å². The number of hydrogen-bond acceptors (Lipinski definition) is 15. The van der Waals surface area contributed by atoms with Crippen LogP contribution in [0.5, 0.6) is 0 Å². The van der Waals surface area contributed by atoms with Crippen LogP contribution in [0.2, 0.25) is 0 Å². The molecule has 9 aliphatic rings. The van der Waals surface area contributed by atoms with Gasteiger partial charge in [-0.2, -0.15) is 31.6 Å². The molecule has 5 saturated carbocycles. The molecule has 4 heterocycles. The van der Waals surface area contributed by atoms with Gasteiger partial charge in [-0.25, -0.2) is 8.78 Å². The van der Waals surface area contributed by atoms with Crippen LogP contribution in [-0.2, 0) is 67.0 Å². The van der Waals surface area contributed by atoms with Crippen molar-refractivity contribution >= 4 is 70.9 Å². The number of rotatable bonds is 13. The van der Waals surface area contributed by atoms with E-state index in [4.69, 9.17) is 9.47 Å². The van der Waals surface area contributed by atoms with Crippen LogP contribution in [0.25, 0.3) is 0 Å². The Hall–Kier alpha value is -7.51. The number of nitrogens with zero attached hydrogens (tertiary/aromatic N) is 10. The standard InChI is InChI=1S/C81H123F8N13O14/c1-10-48(3)68-76(112)95(5)47-66(105)96(6)59-24-13-12-18-33-101(75(59)111)63(40-49-25-28-54(29-26-49)80(84,85)86)73(109)94(4)46-64(103)91-58(30-27-50-38-56(82)67(57(83)39-50)81(87,88)89)72(108)102-45-55(116-11-2)42-61(102)71(107)93-79(31-19-32-79)78(114)99(9)69(51-20-14-15-21-51)77(113)98(8)62(74(110)100-34-36-115-37-35-100)43-65(104)97(7)60(70(106)92-68)41-52-22-16-17-23-53(52)44-90/h48-63,67-69H,10-43,45-47H2,1-9H3,(H,91,103)(H,92,106)(H,93,107)/t48-,49?,50?,52?,53?,54?,55+,56?,57?,58-,59-,60-,61-,62-,63-,67?,68-,69-/m0/s1. The summed E-state index contributed by atoms with van der Waals surface area (Å²) in [6.07, 6.45) is -13.3. The first-order valence-electron chi connectivity index (χ1n) is 42.2. The van der Waals surface area contributed by atoms with Gasteiger partial charge in [-0.1, -0.05) is 58.8 Å². The Kier molecular flexibility index (Phi) is 32.2. The second-order valence-corrected chi connectivity index (χ2v) is 34.6. The lowest BCUT2D eigenvalue weighted by Gasteiger charge is -2.47. The minimum Gasteiger partial charge on any atom is -0.378 e. The topological polar surface area (TPSA) is 312 Å². The Morgan fingerprint density at radius 1 is 0.603 bits per heavy atom. The SMILES string of the molecule is CCO[C@@H]1C[C@H]2C(=O)NC3(CCC3)C(=O)N(C)[C@@H](C3CCCC3)C(=O)N(C)[C@H](C(=O)N3CCOCC3)CC(=O)N(C)[C@@H](CC3CCCCC3C#N)C(=O)N[C@@H]([C@@H](C)CC)C(=O)N(C)CC(=O)N(C)[C@H]3CCCCCN(C3=O)[C@@H](CC3CCC(C(F)(F)F)CC3)C(=O)N(C)CC(=O)N[C@@H](CCC3CC(F)C(C(F)(F)F)C(F)C3)C(=O)N2C1. The van der Waals surface area contributed by atoms with E-state index in [1.165, 1.54) is 61.9 Å². The maximum atomic E-state index is 15.9. The summed E-state index contributed by atoms with van der Waals surface area (Å²) >= 11 is 0. The molecule has 2 bridgehead atoms. The lowest BCUT2D eigenvalue weighted by atomic mass is 9.74. The van der Waals surface area contributed by atoms with Crippen LogP contribution < -0.4 is 16.0 Å². The average Bonchev–Trinajstić information content (AvgIpc) is 1.31. The Morgan fingerprint density at radius 3 is 1.84 bits per heavy atom. The Bertz CT molecular complexity index is 3500. The quantitative estimate of drug-likeness (QED) is 0.156. The molecule has 4 aliphatic heterocycles. The first-order valence-corrected chi connectivity index (χ1v) is 42.2. The van der Waals surface area contributed by atoms with Crippen molar-refractivity contribution < 1.29 is 102 Å². The average molecular weight is 1650 g/mol. The number of fused-ring (bicyclic) bond motifs is 3. The van der Waals surface area contributed by atoms with E-state index in [9.17, 15) is 41.2 Å². The number of nitrogens with one attached hydrogen (secondary N) is 3. The fourth-order valence-electron chi connectivity index (χ4n) is 19.5. The van der Waals surface area contributed by atoms with Crippen molar-refractivity contribution in [2.24, 2.45) is 47.3 Å². The number of likely N-dealkylation sites (N-methyl/N-ethyl adjacent to an activating group) is 6. The summed E-state index contributed by atoms with van der Waals surface area (Å²) < 4.78 is 127. The molecular weight excluding hydrogens is 1530 g/mol. The lowest BCUT2D eigenvalue weighted by molar-refractivity contribution is -0.219. The first-order chi connectivity index (χ1) is 54.8. The molecule has 14 atom stereocenters. The van der Waals surface area contributed by atoms with Crippen molar-refractivity contribution in [3.05, 3.63) is 0 Å². The van der Waals surface area contributed by atoms with Crippen molar-refractivity contribution in [3.8, 4) is 6.07 Å². The van der Waals surface area contributed by atoms with E-state index in [1.807, 2.05) is 0 Å². The smallest absolute Gasteiger partial charge is 0.378 e. The van der Waals surface area contributed by atoms with Crippen LogP contribution in [0.4, 0.5) is 35.1 Å². The van der Waals surface area contributed by atoms with Crippen molar-refractivity contribution in [2.45, 2.75) is 285 Å². The maximum absolute atomic E-state index is 15.9. The summed E-state index contributed by atoms with van der Waals surface area (Å²) in [4.78, 5) is 195. The van der Waals surface area contributed by atoms with E-state index in [-0.39, 0.29) is 117 Å². The predicted molar refractivity (Wildman–Crippen MR) is 406 cm³/mol. The van der Waals surface area contributed by atoms with Crippen LogP contribution in [0, 0.1) is 58.7 Å². The molecule has 0 aromatic rings. The van der Waals surface area contributed by atoms with Gasteiger partial charge in [0.2, 0.25) is 70.9 Å². The van der Waals surface area contributed by atoms with E-state index < -0.39 is 242 Å². The predicted octanol–water partition coefficient (Wildman–Crippen LogP) is 7.02. The van der Waals surface area contributed by atoms with E-state index in [2.05, 4.69) is 22.0 Å². The van der Waals surface area contributed by atoms with Gasteiger partial charge < -0.3 is 69.5 Å². The van der Waals surface area contributed by atoms with Gasteiger partial charge in [-0.05, 0) is 159 Å².